The zero-order valence-electron chi connectivity index (χ0n) is 15.6. The number of carbonyl (C=O) groups excluding carboxylic acids is 2. The first-order valence-corrected chi connectivity index (χ1v) is 10.9. The molecule has 9 heteroatoms. The van der Waals surface area contributed by atoms with Gasteiger partial charge >= 0.3 is 5.97 Å². The molecular formula is C20H18ClNO6S. The summed E-state index contributed by atoms with van der Waals surface area (Å²) in [5.74, 6) is -0.463. The highest BCUT2D eigenvalue weighted by atomic mass is 35.5. The molecular weight excluding hydrogens is 418 g/mol. The highest BCUT2D eigenvalue weighted by Crippen LogP contribution is 2.29. The third-order valence-corrected chi connectivity index (χ3v) is 4.91. The first-order valence-electron chi connectivity index (χ1n) is 8.58. The van der Waals surface area contributed by atoms with E-state index in [1.165, 1.54) is 31.2 Å². The number of anilines is 1. The van der Waals surface area contributed by atoms with Gasteiger partial charge in [0.25, 0.3) is 0 Å². The lowest BCUT2D eigenvalue weighted by Gasteiger charge is -2.19. The maximum atomic E-state index is 12.5. The molecule has 2 aromatic carbocycles. The van der Waals surface area contributed by atoms with E-state index >= 15 is 0 Å². The van der Waals surface area contributed by atoms with Crippen LogP contribution in [0.25, 0.3) is 6.08 Å². The Morgan fingerprint density at radius 2 is 1.86 bits per heavy atom. The van der Waals surface area contributed by atoms with Crippen molar-refractivity contribution in [2.24, 2.45) is 0 Å². The summed E-state index contributed by atoms with van der Waals surface area (Å²) in [7, 11) is -3.41. The third-order valence-electron chi connectivity index (χ3n) is 4.07. The first kappa shape index (κ1) is 20.9. The Balaban J connectivity index is 1.67. The summed E-state index contributed by atoms with van der Waals surface area (Å²) in [4.78, 5) is 24.9. The summed E-state index contributed by atoms with van der Waals surface area (Å²) >= 11 is 5.96. The van der Waals surface area contributed by atoms with Gasteiger partial charge in [0.05, 0.1) is 11.8 Å². The molecule has 1 heterocycles. The van der Waals surface area contributed by atoms with Crippen molar-refractivity contribution < 1.29 is 27.5 Å². The van der Waals surface area contributed by atoms with Crippen molar-refractivity contribution in [3.05, 3.63) is 64.2 Å². The van der Waals surface area contributed by atoms with Crippen molar-refractivity contribution in [1.82, 2.24) is 0 Å². The van der Waals surface area contributed by atoms with Crippen LogP contribution in [0.1, 0.15) is 22.8 Å². The van der Waals surface area contributed by atoms with Gasteiger partial charge in [0.2, 0.25) is 15.8 Å². The van der Waals surface area contributed by atoms with Crippen LogP contribution in [0.5, 0.6) is 5.75 Å². The summed E-state index contributed by atoms with van der Waals surface area (Å²) < 4.78 is 35.6. The van der Waals surface area contributed by atoms with Gasteiger partial charge in [-0.25, -0.2) is 13.2 Å². The number of halogens is 1. The van der Waals surface area contributed by atoms with Crippen LogP contribution in [0.15, 0.2) is 48.0 Å². The molecule has 0 spiro atoms. The minimum atomic E-state index is -3.41. The maximum absolute atomic E-state index is 12.5. The molecule has 7 nitrogen and oxygen atoms in total. The fourth-order valence-electron chi connectivity index (χ4n) is 2.71. The lowest BCUT2D eigenvalue weighted by molar-refractivity contribution is -0.141. The van der Waals surface area contributed by atoms with E-state index < -0.39 is 27.9 Å². The number of Topliss-reactive ketones (excluding diaryl/α,β-unsaturated/α-hetero) is 1. The van der Waals surface area contributed by atoms with Gasteiger partial charge in [0.1, 0.15) is 12.4 Å². The molecule has 0 aliphatic carbocycles. The molecule has 0 saturated heterocycles. The predicted octanol–water partition coefficient (Wildman–Crippen LogP) is 3.30. The molecule has 0 bridgehead atoms. The molecule has 29 heavy (non-hydrogen) atoms. The number of ether oxygens (including phenoxy) is 2. The second kappa shape index (κ2) is 8.26. The van der Waals surface area contributed by atoms with Crippen LogP contribution in [-0.4, -0.2) is 39.1 Å². The van der Waals surface area contributed by atoms with Gasteiger partial charge in [0, 0.05) is 21.8 Å². The Morgan fingerprint density at radius 3 is 2.52 bits per heavy atom. The van der Waals surface area contributed by atoms with E-state index in [4.69, 9.17) is 21.1 Å². The monoisotopic (exact) mass is 435 g/mol. The lowest BCUT2D eigenvalue weighted by atomic mass is 10.1. The van der Waals surface area contributed by atoms with Gasteiger partial charge in [-0.3, -0.25) is 9.52 Å². The average molecular weight is 436 g/mol. The van der Waals surface area contributed by atoms with Crippen molar-refractivity contribution in [1.29, 1.82) is 0 Å². The van der Waals surface area contributed by atoms with Crippen molar-refractivity contribution >= 4 is 45.1 Å². The van der Waals surface area contributed by atoms with Crippen molar-refractivity contribution in [3.63, 3.8) is 0 Å². The van der Waals surface area contributed by atoms with E-state index in [1.54, 1.807) is 24.3 Å². The predicted molar refractivity (Wildman–Crippen MR) is 110 cm³/mol. The molecule has 0 saturated carbocycles. The standard InChI is InChI=1S/C20H18ClNO6S/c1-12(19(23)13-3-6-17(7-4-13)22-29(2,25)26)28-20(24)15-9-14-10-16(21)5-8-18(14)27-11-15/h3-10,12,22H,11H2,1-2H3/t12-/m0/s1. The number of benzene rings is 2. The summed E-state index contributed by atoms with van der Waals surface area (Å²) in [6.07, 6.45) is 1.62. The number of nitrogens with one attached hydrogen (secondary N) is 1. The number of hydrogen-bond donors (Lipinski definition) is 1. The van der Waals surface area contributed by atoms with Crippen molar-refractivity contribution in [2.45, 2.75) is 13.0 Å². The number of hydrogen-bond acceptors (Lipinski definition) is 6. The van der Waals surface area contributed by atoms with Gasteiger partial charge < -0.3 is 9.47 Å². The zero-order chi connectivity index (χ0) is 21.2. The largest absolute Gasteiger partial charge is 0.488 e. The smallest absolute Gasteiger partial charge is 0.338 e. The fraction of sp³-hybridized carbons (Fsp3) is 0.200. The van der Waals surface area contributed by atoms with Gasteiger partial charge in [-0.2, -0.15) is 0 Å². The van der Waals surface area contributed by atoms with Crippen LogP contribution < -0.4 is 9.46 Å². The summed E-state index contributed by atoms with van der Waals surface area (Å²) in [6.45, 7) is 1.50. The molecule has 1 N–H and O–H groups in total. The zero-order valence-corrected chi connectivity index (χ0v) is 17.2. The van der Waals surface area contributed by atoms with Gasteiger partial charge in [-0.1, -0.05) is 11.6 Å². The van der Waals surface area contributed by atoms with E-state index in [0.717, 1.165) is 6.26 Å². The van der Waals surface area contributed by atoms with Crippen LogP contribution in [0.3, 0.4) is 0 Å². The Labute approximate surface area is 173 Å². The average Bonchev–Trinajstić information content (AvgIpc) is 2.66. The van der Waals surface area contributed by atoms with Crippen LogP contribution in [0.2, 0.25) is 5.02 Å². The van der Waals surface area contributed by atoms with E-state index in [-0.39, 0.29) is 17.7 Å². The highest BCUT2D eigenvalue weighted by molar-refractivity contribution is 7.92. The van der Waals surface area contributed by atoms with E-state index in [9.17, 15) is 18.0 Å². The molecule has 1 atom stereocenters. The minimum absolute atomic E-state index is 0.0280. The van der Waals surface area contributed by atoms with Crippen molar-refractivity contribution in [3.8, 4) is 5.75 Å². The Bertz CT molecular complexity index is 1090. The van der Waals surface area contributed by atoms with Crippen LogP contribution in [0.4, 0.5) is 5.69 Å². The van der Waals surface area contributed by atoms with Crippen LogP contribution in [0, 0.1) is 0 Å². The molecule has 1 aliphatic rings. The van der Waals surface area contributed by atoms with E-state index in [1.807, 2.05) is 0 Å². The Morgan fingerprint density at radius 1 is 1.17 bits per heavy atom. The summed E-state index contributed by atoms with van der Waals surface area (Å²) in [5.41, 5.74) is 1.54. The molecule has 0 aromatic heterocycles. The number of fused-ring (bicyclic) bond motifs is 1. The number of ketones is 1. The molecule has 0 amide bonds. The quantitative estimate of drug-likeness (QED) is 0.552. The molecule has 0 unspecified atom stereocenters. The second-order valence-electron chi connectivity index (χ2n) is 6.50. The second-order valence-corrected chi connectivity index (χ2v) is 8.69. The fourth-order valence-corrected chi connectivity index (χ4v) is 3.45. The summed E-state index contributed by atoms with van der Waals surface area (Å²) in [6, 6.07) is 10.9. The maximum Gasteiger partial charge on any atom is 0.338 e. The Kier molecular flexibility index (Phi) is 5.95. The SMILES string of the molecule is C[C@H](OC(=O)C1=Cc2cc(Cl)ccc2OC1)C(=O)c1ccc(NS(C)(=O)=O)cc1. The number of esters is 1. The number of carbonyl (C=O) groups is 2. The van der Waals surface area contributed by atoms with Crippen LogP contribution >= 0.6 is 11.6 Å². The third kappa shape index (κ3) is 5.36. The van der Waals surface area contributed by atoms with Crippen LogP contribution in [-0.2, 0) is 19.6 Å². The highest BCUT2D eigenvalue weighted by Gasteiger charge is 2.24. The first-order chi connectivity index (χ1) is 13.6. The van der Waals surface area contributed by atoms with Gasteiger partial charge in [-0.15, -0.1) is 0 Å². The molecule has 0 fully saturated rings. The van der Waals surface area contributed by atoms with Gasteiger partial charge in [0.15, 0.2) is 6.10 Å². The lowest BCUT2D eigenvalue weighted by Crippen LogP contribution is -2.27. The normalized spacial score (nSPS) is 14.1. The molecule has 0 radical (unpaired) electrons. The molecule has 1 aliphatic heterocycles. The minimum Gasteiger partial charge on any atom is -0.488 e. The van der Waals surface area contributed by atoms with E-state index in [2.05, 4.69) is 4.72 Å². The molecule has 152 valence electrons. The topological polar surface area (TPSA) is 98.8 Å². The number of rotatable bonds is 6. The Hall–Kier alpha value is -2.84. The van der Waals surface area contributed by atoms with Gasteiger partial charge in [-0.05, 0) is 55.5 Å². The van der Waals surface area contributed by atoms with Crippen molar-refractivity contribution in [2.75, 3.05) is 17.6 Å². The summed E-state index contributed by atoms with van der Waals surface area (Å²) in [5, 5.41) is 0.510. The molecule has 3 rings (SSSR count). The number of sulfonamides is 1. The van der Waals surface area contributed by atoms with E-state index in [0.29, 0.717) is 22.0 Å². The molecule has 2 aromatic rings.